The molecule has 0 aliphatic carbocycles. The monoisotopic (exact) mass is 256 g/mol. The molecule has 2 nitrogen and oxygen atoms in total. The standard InChI is InChI=1S/C12H16O2S2/c1-9(16)14-12(7-8-15)10-3-5-11(13-2)6-4-10/h3-6,12,15H,7-8H2,1-2H3. The van der Waals surface area contributed by atoms with Crippen LogP contribution in [0.25, 0.3) is 0 Å². The Morgan fingerprint density at radius 2 is 2.00 bits per heavy atom. The molecule has 0 amide bonds. The summed E-state index contributed by atoms with van der Waals surface area (Å²) in [5, 5.41) is 0.558. The Morgan fingerprint density at radius 1 is 1.38 bits per heavy atom. The van der Waals surface area contributed by atoms with E-state index in [1.165, 1.54) is 0 Å². The Hall–Kier alpha value is -0.740. The van der Waals surface area contributed by atoms with Gasteiger partial charge < -0.3 is 9.47 Å². The average Bonchev–Trinajstić information content (AvgIpc) is 2.28. The fourth-order valence-electron chi connectivity index (χ4n) is 1.43. The van der Waals surface area contributed by atoms with Crippen molar-refractivity contribution in [3.05, 3.63) is 29.8 Å². The van der Waals surface area contributed by atoms with E-state index in [2.05, 4.69) is 12.6 Å². The van der Waals surface area contributed by atoms with Crippen molar-refractivity contribution in [1.29, 1.82) is 0 Å². The van der Waals surface area contributed by atoms with E-state index >= 15 is 0 Å². The molecule has 1 atom stereocenters. The lowest BCUT2D eigenvalue weighted by Crippen LogP contribution is -2.08. The van der Waals surface area contributed by atoms with Crippen molar-refractivity contribution in [3.8, 4) is 5.75 Å². The SMILES string of the molecule is COc1ccc(C(CCS)OC(C)=S)cc1. The second kappa shape index (κ2) is 6.76. The van der Waals surface area contributed by atoms with Crippen molar-refractivity contribution in [3.63, 3.8) is 0 Å². The van der Waals surface area contributed by atoms with Gasteiger partial charge in [0, 0.05) is 6.92 Å². The van der Waals surface area contributed by atoms with Gasteiger partial charge in [-0.1, -0.05) is 12.1 Å². The molecule has 0 radical (unpaired) electrons. The highest BCUT2D eigenvalue weighted by molar-refractivity contribution is 7.80. The molecule has 1 aromatic rings. The van der Waals surface area contributed by atoms with Gasteiger partial charge >= 0.3 is 0 Å². The molecule has 0 saturated carbocycles. The van der Waals surface area contributed by atoms with E-state index < -0.39 is 0 Å². The van der Waals surface area contributed by atoms with Crippen molar-refractivity contribution < 1.29 is 9.47 Å². The third-order valence-electron chi connectivity index (χ3n) is 2.19. The molecule has 4 heteroatoms. The van der Waals surface area contributed by atoms with Crippen molar-refractivity contribution in [2.75, 3.05) is 12.9 Å². The third kappa shape index (κ3) is 4.02. The molecule has 0 N–H and O–H groups in total. The Kier molecular flexibility index (Phi) is 5.63. The summed E-state index contributed by atoms with van der Waals surface area (Å²) >= 11 is 9.19. The zero-order valence-corrected chi connectivity index (χ0v) is 11.2. The van der Waals surface area contributed by atoms with Gasteiger partial charge in [-0.05, 0) is 42.1 Å². The van der Waals surface area contributed by atoms with E-state index in [9.17, 15) is 0 Å². The first-order valence-electron chi connectivity index (χ1n) is 5.09. The first-order valence-corrected chi connectivity index (χ1v) is 6.13. The lowest BCUT2D eigenvalue weighted by molar-refractivity contribution is 0.193. The highest BCUT2D eigenvalue weighted by atomic mass is 32.1. The smallest absolute Gasteiger partial charge is 0.157 e. The van der Waals surface area contributed by atoms with Crippen LogP contribution in [0, 0.1) is 0 Å². The molecule has 0 spiro atoms. The van der Waals surface area contributed by atoms with Crippen LogP contribution in [0.4, 0.5) is 0 Å². The van der Waals surface area contributed by atoms with Crippen LogP contribution in [-0.4, -0.2) is 17.9 Å². The Bertz CT molecular complexity index is 335. The Labute approximate surface area is 107 Å². The molecule has 1 unspecified atom stereocenters. The van der Waals surface area contributed by atoms with Crippen molar-refractivity contribution >= 4 is 29.9 Å². The molecule has 0 aliphatic heterocycles. The first kappa shape index (κ1) is 13.3. The fourth-order valence-corrected chi connectivity index (χ4v) is 1.78. The minimum Gasteiger partial charge on any atom is -0.497 e. The Morgan fingerprint density at radius 3 is 2.44 bits per heavy atom. The number of thiocarbonyl (C=S) groups is 1. The van der Waals surface area contributed by atoms with E-state index in [0.717, 1.165) is 23.5 Å². The topological polar surface area (TPSA) is 18.5 Å². The minimum absolute atomic E-state index is 0.0130. The summed E-state index contributed by atoms with van der Waals surface area (Å²) in [7, 11) is 1.65. The van der Waals surface area contributed by atoms with Gasteiger partial charge in [-0.3, -0.25) is 0 Å². The van der Waals surface area contributed by atoms with E-state index in [1.54, 1.807) is 14.0 Å². The van der Waals surface area contributed by atoms with Crippen LogP contribution in [0.15, 0.2) is 24.3 Å². The number of methoxy groups -OCH3 is 1. The molecule has 0 bridgehead atoms. The molecule has 0 heterocycles. The van der Waals surface area contributed by atoms with Gasteiger partial charge in [0.1, 0.15) is 11.9 Å². The van der Waals surface area contributed by atoms with Crippen molar-refractivity contribution in [2.45, 2.75) is 19.4 Å². The third-order valence-corrected chi connectivity index (χ3v) is 2.54. The van der Waals surface area contributed by atoms with Gasteiger partial charge in [-0.25, -0.2) is 0 Å². The van der Waals surface area contributed by atoms with Gasteiger partial charge in [-0.2, -0.15) is 12.6 Å². The van der Waals surface area contributed by atoms with Crippen molar-refractivity contribution in [2.24, 2.45) is 0 Å². The quantitative estimate of drug-likeness (QED) is 0.643. The van der Waals surface area contributed by atoms with Gasteiger partial charge in [0.25, 0.3) is 0 Å². The second-order valence-electron chi connectivity index (χ2n) is 3.38. The predicted octanol–water partition coefficient (Wildman–Crippen LogP) is 3.42. The van der Waals surface area contributed by atoms with Crippen LogP contribution < -0.4 is 4.74 Å². The number of benzene rings is 1. The highest BCUT2D eigenvalue weighted by Gasteiger charge is 2.12. The summed E-state index contributed by atoms with van der Waals surface area (Å²) in [6.07, 6.45) is 0.824. The van der Waals surface area contributed by atoms with Gasteiger partial charge in [0.15, 0.2) is 5.05 Å². The zero-order valence-electron chi connectivity index (χ0n) is 9.47. The van der Waals surface area contributed by atoms with E-state index in [-0.39, 0.29) is 6.10 Å². The number of rotatable bonds is 5. The molecule has 0 saturated heterocycles. The summed E-state index contributed by atoms with van der Waals surface area (Å²) in [6, 6.07) is 7.82. The summed E-state index contributed by atoms with van der Waals surface area (Å²) in [4.78, 5) is 0. The van der Waals surface area contributed by atoms with Crippen LogP contribution in [0.2, 0.25) is 0 Å². The molecule has 1 rings (SSSR count). The maximum atomic E-state index is 5.59. The van der Waals surface area contributed by atoms with Crippen LogP contribution in [0.3, 0.4) is 0 Å². The second-order valence-corrected chi connectivity index (χ2v) is 4.41. The normalized spacial score (nSPS) is 11.9. The number of thiol groups is 1. The predicted molar refractivity (Wildman–Crippen MR) is 73.6 cm³/mol. The number of hydrogen-bond donors (Lipinski definition) is 1. The van der Waals surface area contributed by atoms with Gasteiger partial charge in [0.2, 0.25) is 0 Å². The summed E-state index contributed by atoms with van der Waals surface area (Å²) < 4.78 is 10.7. The van der Waals surface area contributed by atoms with Crippen LogP contribution in [0.5, 0.6) is 5.75 Å². The molecule has 88 valence electrons. The molecule has 0 aliphatic rings. The van der Waals surface area contributed by atoms with E-state index in [4.69, 9.17) is 21.7 Å². The molecule has 1 aromatic carbocycles. The zero-order chi connectivity index (χ0) is 12.0. The van der Waals surface area contributed by atoms with Crippen molar-refractivity contribution in [1.82, 2.24) is 0 Å². The van der Waals surface area contributed by atoms with Crippen LogP contribution >= 0.6 is 24.8 Å². The van der Waals surface area contributed by atoms with E-state index in [0.29, 0.717) is 5.05 Å². The van der Waals surface area contributed by atoms with Crippen LogP contribution in [0.1, 0.15) is 25.0 Å². The number of hydrogen-bond acceptors (Lipinski definition) is 4. The summed E-state index contributed by atoms with van der Waals surface area (Å²) in [5.41, 5.74) is 1.10. The molecular formula is C12H16O2S2. The number of ether oxygens (including phenoxy) is 2. The Balaban J connectivity index is 2.79. The maximum Gasteiger partial charge on any atom is 0.157 e. The summed E-state index contributed by atoms with van der Waals surface area (Å²) in [6.45, 7) is 1.78. The maximum absolute atomic E-state index is 5.59. The largest absolute Gasteiger partial charge is 0.497 e. The first-order chi connectivity index (χ1) is 7.67. The summed E-state index contributed by atoms with van der Waals surface area (Å²) in [5.74, 6) is 1.60. The lowest BCUT2D eigenvalue weighted by atomic mass is 10.1. The minimum atomic E-state index is -0.0130. The van der Waals surface area contributed by atoms with Gasteiger partial charge in [0.05, 0.1) is 7.11 Å². The average molecular weight is 256 g/mol. The van der Waals surface area contributed by atoms with Gasteiger partial charge in [-0.15, -0.1) is 0 Å². The molecule has 0 fully saturated rings. The fraction of sp³-hybridized carbons (Fsp3) is 0.417. The molecule has 16 heavy (non-hydrogen) atoms. The highest BCUT2D eigenvalue weighted by Crippen LogP contribution is 2.24. The van der Waals surface area contributed by atoms with Crippen LogP contribution in [-0.2, 0) is 4.74 Å². The lowest BCUT2D eigenvalue weighted by Gasteiger charge is -2.18. The van der Waals surface area contributed by atoms with E-state index in [1.807, 2.05) is 24.3 Å². The molecular weight excluding hydrogens is 240 g/mol. The molecule has 0 aromatic heterocycles.